The summed E-state index contributed by atoms with van der Waals surface area (Å²) in [4.78, 5) is 2.39. The van der Waals surface area contributed by atoms with Crippen LogP contribution in [0.3, 0.4) is 0 Å². The third kappa shape index (κ3) is 12.0. The van der Waals surface area contributed by atoms with Gasteiger partial charge >= 0.3 is 0 Å². The molecule has 2 heteroatoms. The largest absolute Gasteiger partial charge is 0.381 e. The number of ether oxygens (including phenoxy) is 1. The molecule has 0 aliphatic rings. The van der Waals surface area contributed by atoms with Gasteiger partial charge in [-0.25, -0.2) is 0 Å². The molecular formula is C14H31NO. The maximum Gasteiger partial charge on any atom is 0.0514 e. The maximum atomic E-state index is 5.65. The Morgan fingerprint density at radius 1 is 0.938 bits per heavy atom. The molecule has 0 spiro atoms. The van der Waals surface area contributed by atoms with Gasteiger partial charge in [0, 0.05) is 19.7 Å². The van der Waals surface area contributed by atoms with Crippen LogP contribution in [0.5, 0.6) is 0 Å². The Morgan fingerprint density at radius 2 is 1.50 bits per heavy atom. The number of hydrogen-bond acceptors (Lipinski definition) is 2. The molecule has 2 nitrogen and oxygen atoms in total. The van der Waals surface area contributed by atoms with Crippen molar-refractivity contribution in [2.45, 2.75) is 48.0 Å². The van der Waals surface area contributed by atoms with Gasteiger partial charge in [-0.2, -0.15) is 0 Å². The molecule has 0 heterocycles. The van der Waals surface area contributed by atoms with E-state index in [9.17, 15) is 0 Å². The summed E-state index contributed by atoms with van der Waals surface area (Å²) in [5.74, 6) is 0. The molecule has 0 atom stereocenters. The molecule has 0 rings (SSSR count). The van der Waals surface area contributed by atoms with Crippen LogP contribution in [0.25, 0.3) is 0 Å². The van der Waals surface area contributed by atoms with Crippen LogP contribution in [0.4, 0.5) is 0 Å². The van der Waals surface area contributed by atoms with Gasteiger partial charge in [0.2, 0.25) is 0 Å². The molecule has 0 aromatic heterocycles. The van der Waals surface area contributed by atoms with Crippen molar-refractivity contribution >= 4 is 0 Å². The highest BCUT2D eigenvalue weighted by Gasteiger charge is 2.13. The van der Waals surface area contributed by atoms with Crippen molar-refractivity contribution in [2.75, 3.05) is 33.4 Å². The van der Waals surface area contributed by atoms with Crippen molar-refractivity contribution in [3.05, 3.63) is 0 Å². The number of rotatable bonds is 6. The summed E-state index contributed by atoms with van der Waals surface area (Å²) in [6, 6.07) is 0. The molecule has 0 saturated heterocycles. The fraction of sp³-hybridized carbons (Fsp3) is 1.00. The summed E-state index contributed by atoms with van der Waals surface area (Å²) in [6.07, 6.45) is 1.13. The minimum atomic E-state index is 0.289. The second-order valence-electron chi connectivity index (χ2n) is 7.27. The molecule has 0 bridgehead atoms. The van der Waals surface area contributed by atoms with Crippen molar-refractivity contribution in [3.8, 4) is 0 Å². The average Bonchev–Trinajstić information content (AvgIpc) is 1.97. The van der Waals surface area contributed by atoms with Crippen molar-refractivity contribution in [1.29, 1.82) is 0 Å². The van der Waals surface area contributed by atoms with Crippen molar-refractivity contribution in [3.63, 3.8) is 0 Å². The molecule has 0 aromatic carbocycles. The van der Waals surface area contributed by atoms with Gasteiger partial charge in [-0.15, -0.1) is 0 Å². The molecule has 0 amide bonds. The lowest BCUT2D eigenvalue weighted by molar-refractivity contribution is 0.0641. The highest BCUT2D eigenvalue weighted by molar-refractivity contribution is 4.66. The summed E-state index contributed by atoms with van der Waals surface area (Å²) < 4.78 is 5.65. The van der Waals surface area contributed by atoms with E-state index in [1.165, 1.54) is 0 Å². The summed E-state index contributed by atoms with van der Waals surface area (Å²) in [5.41, 5.74) is 0.679. The number of hydrogen-bond donors (Lipinski definition) is 0. The van der Waals surface area contributed by atoms with Crippen LogP contribution in [0, 0.1) is 10.8 Å². The third-order valence-electron chi connectivity index (χ3n) is 2.11. The molecule has 0 unspecified atom stereocenters. The van der Waals surface area contributed by atoms with E-state index in [2.05, 4.69) is 53.5 Å². The molecule has 98 valence electrons. The van der Waals surface area contributed by atoms with Crippen LogP contribution in [-0.2, 0) is 4.74 Å². The Kier molecular flexibility index (Phi) is 6.57. The summed E-state index contributed by atoms with van der Waals surface area (Å²) in [5, 5.41) is 0. The minimum absolute atomic E-state index is 0.289. The fourth-order valence-corrected chi connectivity index (χ4v) is 1.70. The van der Waals surface area contributed by atoms with Gasteiger partial charge in [0.1, 0.15) is 0 Å². The lowest BCUT2D eigenvalue weighted by Gasteiger charge is -2.26. The Bertz CT molecular complexity index is 176. The third-order valence-corrected chi connectivity index (χ3v) is 2.11. The van der Waals surface area contributed by atoms with Gasteiger partial charge in [0.25, 0.3) is 0 Å². The topological polar surface area (TPSA) is 12.5 Å². The molecule has 0 N–H and O–H groups in total. The van der Waals surface area contributed by atoms with E-state index in [0.717, 1.165) is 32.7 Å². The molecule has 16 heavy (non-hydrogen) atoms. The lowest BCUT2D eigenvalue weighted by atomic mass is 9.96. The first-order chi connectivity index (χ1) is 7.10. The standard InChI is InChI=1S/C14H31NO/c1-13(2,3)11-15(7)9-8-10-16-12-14(4,5)6/h8-12H2,1-7H3. The molecule has 0 saturated carbocycles. The Labute approximate surface area is 102 Å². The number of nitrogens with zero attached hydrogens (tertiary/aromatic N) is 1. The van der Waals surface area contributed by atoms with Gasteiger partial charge in [-0.05, 0) is 24.3 Å². The average molecular weight is 229 g/mol. The van der Waals surface area contributed by atoms with Crippen molar-refractivity contribution < 1.29 is 4.74 Å². The normalized spacial score (nSPS) is 13.5. The van der Waals surface area contributed by atoms with Gasteiger partial charge in [0.15, 0.2) is 0 Å². The Balaban J connectivity index is 3.45. The van der Waals surface area contributed by atoms with E-state index in [-0.39, 0.29) is 5.41 Å². The van der Waals surface area contributed by atoms with Crippen molar-refractivity contribution in [1.82, 2.24) is 4.90 Å². The SMILES string of the molecule is CN(CCCOCC(C)(C)C)CC(C)(C)C. The van der Waals surface area contributed by atoms with Gasteiger partial charge < -0.3 is 9.64 Å². The minimum Gasteiger partial charge on any atom is -0.381 e. The van der Waals surface area contributed by atoms with E-state index in [1.54, 1.807) is 0 Å². The van der Waals surface area contributed by atoms with Crippen LogP contribution < -0.4 is 0 Å². The summed E-state index contributed by atoms with van der Waals surface area (Å²) in [7, 11) is 2.19. The molecule has 0 aliphatic carbocycles. The second-order valence-corrected chi connectivity index (χ2v) is 7.27. The van der Waals surface area contributed by atoms with Gasteiger partial charge in [0.05, 0.1) is 6.61 Å². The molecule has 0 fully saturated rings. The highest BCUT2D eigenvalue weighted by Crippen LogP contribution is 2.15. The van der Waals surface area contributed by atoms with E-state index in [1.807, 2.05) is 0 Å². The van der Waals surface area contributed by atoms with E-state index >= 15 is 0 Å². The fourth-order valence-electron chi connectivity index (χ4n) is 1.70. The predicted octanol–water partition coefficient (Wildman–Crippen LogP) is 3.42. The van der Waals surface area contributed by atoms with Gasteiger partial charge in [-0.3, -0.25) is 0 Å². The Hall–Kier alpha value is -0.0800. The van der Waals surface area contributed by atoms with Crippen molar-refractivity contribution in [2.24, 2.45) is 10.8 Å². The van der Waals surface area contributed by atoms with Crippen LogP contribution in [0.15, 0.2) is 0 Å². The molecular weight excluding hydrogens is 198 g/mol. The van der Waals surface area contributed by atoms with E-state index in [0.29, 0.717) is 5.41 Å². The zero-order chi connectivity index (χ0) is 12.8. The smallest absolute Gasteiger partial charge is 0.0514 e. The Morgan fingerprint density at radius 3 is 1.94 bits per heavy atom. The monoisotopic (exact) mass is 229 g/mol. The first-order valence-electron chi connectivity index (χ1n) is 6.36. The molecule has 0 aliphatic heterocycles. The molecule has 0 radical (unpaired) electrons. The van der Waals surface area contributed by atoms with Crippen LogP contribution in [-0.4, -0.2) is 38.3 Å². The molecule has 0 aromatic rings. The second kappa shape index (κ2) is 6.61. The quantitative estimate of drug-likeness (QED) is 0.647. The lowest BCUT2D eigenvalue weighted by Crippen LogP contribution is -2.30. The zero-order valence-corrected chi connectivity index (χ0v) is 12.4. The summed E-state index contributed by atoms with van der Waals surface area (Å²) in [6.45, 7) is 17.5. The maximum absolute atomic E-state index is 5.65. The highest BCUT2D eigenvalue weighted by atomic mass is 16.5. The van der Waals surface area contributed by atoms with Crippen LogP contribution in [0.2, 0.25) is 0 Å². The summed E-state index contributed by atoms with van der Waals surface area (Å²) >= 11 is 0. The van der Waals surface area contributed by atoms with E-state index in [4.69, 9.17) is 4.74 Å². The first kappa shape index (κ1) is 15.9. The predicted molar refractivity (Wildman–Crippen MR) is 71.8 cm³/mol. The van der Waals surface area contributed by atoms with Crippen LogP contribution in [0.1, 0.15) is 48.0 Å². The van der Waals surface area contributed by atoms with Gasteiger partial charge in [-0.1, -0.05) is 41.5 Å². The zero-order valence-electron chi connectivity index (χ0n) is 12.4. The van der Waals surface area contributed by atoms with Crippen LogP contribution >= 0.6 is 0 Å². The van der Waals surface area contributed by atoms with E-state index < -0.39 is 0 Å². The first-order valence-corrected chi connectivity index (χ1v) is 6.36.